The summed E-state index contributed by atoms with van der Waals surface area (Å²) in [6.45, 7) is 0. The van der Waals surface area contributed by atoms with E-state index in [0.717, 1.165) is 10.8 Å². The SMILES string of the molecule is [2H]Oc1ccc(N)c2c(N)cccc12. The number of aromatic hydroxyl groups is 1. The molecule has 0 fully saturated rings. The molecule has 0 bridgehead atoms. The van der Waals surface area contributed by atoms with Crippen molar-refractivity contribution >= 4 is 22.1 Å². The first-order valence-electron chi connectivity index (χ1n) is 4.34. The van der Waals surface area contributed by atoms with Crippen molar-refractivity contribution in [3.8, 4) is 5.75 Å². The van der Waals surface area contributed by atoms with Crippen LogP contribution >= 0.6 is 0 Å². The van der Waals surface area contributed by atoms with Gasteiger partial charge in [-0.25, -0.2) is 0 Å². The maximum atomic E-state index is 6.89. The third-order valence-corrected chi connectivity index (χ3v) is 2.07. The van der Waals surface area contributed by atoms with E-state index in [2.05, 4.69) is 5.11 Å². The molecule has 0 atom stereocenters. The highest BCUT2D eigenvalue weighted by molar-refractivity contribution is 6.04. The smallest absolute Gasteiger partial charge is 0.293 e. The number of rotatable bonds is 1. The fourth-order valence-corrected chi connectivity index (χ4v) is 1.44. The molecule has 0 heterocycles. The predicted octanol–water partition coefficient (Wildman–Crippen LogP) is 1.71. The van der Waals surface area contributed by atoms with Gasteiger partial charge in [0.15, 0.2) is 0 Å². The standard InChI is InChI=1S/C10H10N2O/c11-7-3-1-2-6-9(13)5-4-8(12)10(6)7/h1-5,13H,11-12H2/i/hD. The Kier molecular flexibility index (Phi) is 1.30. The zero-order chi connectivity index (χ0) is 10.1. The maximum absolute atomic E-state index is 6.89. The number of phenols is 1. The molecule has 0 saturated carbocycles. The normalized spacial score (nSPS) is 11.2. The molecule has 66 valence electrons. The molecule has 0 aliphatic rings. The van der Waals surface area contributed by atoms with Gasteiger partial charge in [-0.1, -0.05) is 12.1 Å². The number of hydrogen-bond donors (Lipinski definition) is 3. The van der Waals surface area contributed by atoms with E-state index in [-0.39, 0.29) is 0 Å². The molecular formula is C10H10N2O. The van der Waals surface area contributed by atoms with Crippen LogP contribution in [0.4, 0.5) is 11.4 Å². The Morgan fingerprint density at radius 2 is 1.85 bits per heavy atom. The van der Waals surface area contributed by atoms with Crippen LogP contribution in [0.25, 0.3) is 10.8 Å². The second kappa shape index (κ2) is 2.55. The number of phenolic OH excluding ortho intramolecular Hbond substituents is 1. The molecule has 2 aromatic carbocycles. The van der Waals surface area contributed by atoms with Gasteiger partial charge in [0.1, 0.15) is 5.75 Å². The summed E-state index contributed by atoms with van der Waals surface area (Å²) in [5, 5.41) is 5.99. The third-order valence-electron chi connectivity index (χ3n) is 2.07. The van der Waals surface area contributed by atoms with Crippen molar-refractivity contribution in [2.75, 3.05) is 11.5 Å². The van der Waals surface area contributed by atoms with Crippen LogP contribution in [0.3, 0.4) is 0 Å². The van der Waals surface area contributed by atoms with Crippen LogP contribution in [-0.2, 0) is 0 Å². The highest BCUT2D eigenvalue weighted by Crippen LogP contribution is 2.32. The Hall–Kier alpha value is -1.90. The summed E-state index contributed by atoms with van der Waals surface area (Å²) in [5.74, 6) is 0.460. The minimum absolute atomic E-state index is 0.460. The molecule has 13 heavy (non-hydrogen) atoms. The Morgan fingerprint density at radius 1 is 1.08 bits per heavy atom. The van der Waals surface area contributed by atoms with Crippen LogP contribution in [0.15, 0.2) is 30.3 Å². The summed E-state index contributed by atoms with van der Waals surface area (Å²) in [6.07, 6.45) is 0. The van der Waals surface area contributed by atoms with Crippen LogP contribution in [0.1, 0.15) is 0 Å². The number of hydrogen-bond acceptors (Lipinski definition) is 3. The van der Waals surface area contributed by atoms with Gasteiger partial charge in [0.05, 0.1) is 0 Å². The van der Waals surface area contributed by atoms with Crippen molar-refractivity contribution in [3.63, 3.8) is 0 Å². The van der Waals surface area contributed by atoms with Crippen LogP contribution in [-0.4, -0.2) is 6.54 Å². The number of anilines is 2. The van der Waals surface area contributed by atoms with Crippen molar-refractivity contribution in [1.82, 2.24) is 0 Å². The van der Waals surface area contributed by atoms with E-state index >= 15 is 0 Å². The molecule has 3 heteroatoms. The van der Waals surface area contributed by atoms with E-state index in [4.69, 9.17) is 12.9 Å². The van der Waals surface area contributed by atoms with Gasteiger partial charge in [-0.15, -0.1) is 0 Å². The van der Waals surface area contributed by atoms with Gasteiger partial charge in [0.25, 0.3) is 1.43 Å². The molecular weight excluding hydrogens is 164 g/mol. The van der Waals surface area contributed by atoms with Gasteiger partial charge in [0, 0.05) is 22.1 Å². The van der Waals surface area contributed by atoms with Crippen molar-refractivity contribution < 1.29 is 5.11 Å². The molecule has 0 aromatic heterocycles. The fraction of sp³-hybridized carbons (Fsp3) is 0. The maximum Gasteiger partial charge on any atom is 0.293 e. The van der Waals surface area contributed by atoms with E-state index in [0.29, 0.717) is 17.1 Å². The number of nitrogens with two attached hydrogens (primary N) is 2. The lowest BCUT2D eigenvalue weighted by molar-refractivity contribution is 0.482. The second-order valence-electron chi connectivity index (χ2n) is 2.92. The van der Waals surface area contributed by atoms with Crippen molar-refractivity contribution in [3.05, 3.63) is 30.3 Å². The largest absolute Gasteiger partial charge is 0.507 e. The number of benzene rings is 2. The van der Waals surface area contributed by atoms with Crippen molar-refractivity contribution in [1.29, 1.82) is 1.43 Å². The van der Waals surface area contributed by atoms with Gasteiger partial charge in [-0.2, -0.15) is 0 Å². The van der Waals surface area contributed by atoms with Gasteiger partial charge in [-0.3, -0.25) is 0 Å². The molecule has 0 aliphatic heterocycles. The van der Waals surface area contributed by atoms with E-state index in [9.17, 15) is 0 Å². The molecule has 0 spiro atoms. The summed E-state index contributed by atoms with van der Waals surface area (Å²) in [5.41, 5.74) is 12.8. The Balaban J connectivity index is 2.91. The minimum atomic E-state index is 0.460. The lowest BCUT2D eigenvalue weighted by Crippen LogP contribution is -1.92. The molecule has 0 unspecified atom stereocenters. The van der Waals surface area contributed by atoms with E-state index in [1.165, 1.54) is 0 Å². The molecule has 0 amide bonds. The van der Waals surface area contributed by atoms with E-state index < -0.39 is 0 Å². The van der Waals surface area contributed by atoms with Crippen molar-refractivity contribution in [2.24, 2.45) is 0 Å². The van der Waals surface area contributed by atoms with Gasteiger partial charge in [0.2, 0.25) is 0 Å². The number of fused-ring (bicyclic) bond motifs is 1. The molecule has 0 aliphatic carbocycles. The highest BCUT2D eigenvalue weighted by atomic mass is 16.3. The summed E-state index contributed by atoms with van der Waals surface area (Å²) < 4.78 is 6.89. The minimum Gasteiger partial charge on any atom is -0.507 e. The Labute approximate surface area is 77.1 Å². The molecule has 0 radical (unpaired) electrons. The monoisotopic (exact) mass is 175 g/mol. The summed E-state index contributed by atoms with van der Waals surface area (Å²) in [4.78, 5) is 0. The molecule has 2 rings (SSSR count). The highest BCUT2D eigenvalue weighted by Gasteiger charge is 2.04. The van der Waals surface area contributed by atoms with Gasteiger partial charge >= 0.3 is 0 Å². The van der Waals surface area contributed by atoms with Crippen LogP contribution in [0.5, 0.6) is 5.75 Å². The first kappa shape index (κ1) is 6.60. The van der Waals surface area contributed by atoms with Crippen LogP contribution in [0, 0.1) is 0 Å². The van der Waals surface area contributed by atoms with Crippen LogP contribution < -0.4 is 11.5 Å². The van der Waals surface area contributed by atoms with E-state index in [1.807, 2.05) is 6.07 Å². The van der Waals surface area contributed by atoms with Crippen molar-refractivity contribution in [2.45, 2.75) is 0 Å². The predicted molar refractivity (Wildman–Crippen MR) is 54.4 cm³/mol. The molecule has 2 aromatic rings. The summed E-state index contributed by atoms with van der Waals surface area (Å²) >= 11 is 0. The topological polar surface area (TPSA) is 72.3 Å². The van der Waals surface area contributed by atoms with Gasteiger partial charge < -0.3 is 16.6 Å². The van der Waals surface area contributed by atoms with Gasteiger partial charge in [-0.05, 0) is 18.2 Å². The zero-order valence-electron chi connectivity index (χ0n) is 7.95. The fourth-order valence-electron chi connectivity index (χ4n) is 1.44. The van der Waals surface area contributed by atoms with Crippen LogP contribution in [0.2, 0.25) is 0 Å². The lowest BCUT2D eigenvalue weighted by Gasteiger charge is -2.06. The zero-order valence-corrected chi connectivity index (χ0v) is 6.95. The molecule has 3 nitrogen and oxygen atoms in total. The first-order valence-corrected chi connectivity index (χ1v) is 3.94. The Morgan fingerprint density at radius 3 is 2.62 bits per heavy atom. The Bertz CT molecular complexity index is 477. The first-order chi connectivity index (χ1) is 6.74. The second-order valence-corrected chi connectivity index (χ2v) is 2.92. The molecule has 5 N–H and O–H groups in total. The average molecular weight is 175 g/mol. The third kappa shape index (κ3) is 1.05. The summed E-state index contributed by atoms with van der Waals surface area (Å²) in [7, 11) is 0. The lowest BCUT2D eigenvalue weighted by atomic mass is 10.1. The van der Waals surface area contributed by atoms with E-state index in [1.54, 1.807) is 24.3 Å². The summed E-state index contributed by atoms with van der Waals surface area (Å²) in [6, 6.07) is 8.74. The quantitative estimate of drug-likeness (QED) is 0.456. The molecule has 0 saturated heterocycles. The average Bonchev–Trinajstić information content (AvgIpc) is 2.18. The number of nitrogen functional groups attached to an aromatic ring is 2.